The van der Waals surface area contributed by atoms with Crippen molar-refractivity contribution in [3.8, 4) is 0 Å². The molecule has 1 amide bonds. The number of unbranched alkanes of at least 4 members (excludes halogenated alkanes) is 1. The van der Waals surface area contributed by atoms with E-state index in [1.807, 2.05) is 6.92 Å². The molecule has 0 fully saturated rings. The van der Waals surface area contributed by atoms with Crippen molar-refractivity contribution in [1.29, 1.82) is 0 Å². The Labute approximate surface area is 85.2 Å². The first-order chi connectivity index (χ1) is 6.63. The average Bonchev–Trinajstić information content (AvgIpc) is 2.21. The predicted molar refractivity (Wildman–Crippen MR) is 56.7 cm³/mol. The van der Waals surface area contributed by atoms with Gasteiger partial charge in [-0.05, 0) is 6.42 Å². The molecule has 0 aliphatic carbocycles. The minimum atomic E-state index is -1.11. The highest BCUT2D eigenvalue weighted by Gasteiger charge is 2.21. The molecule has 14 heavy (non-hydrogen) atoms. The molecule has 0 aromatic carbocycles. The second-order valence-electron chi connectivity index (χ2n) is 3.28. The van der Waals surface area contributed by atoms with E-state index in [2.05, 4.69) is 11.9 Å². The lowest BCUT2D eigenvalue weighted by atomic mass is 10.0. The van der Waals surface area contributed by atoms with Gasteiger partial charge in [0.25, 0.3) is 5.91 Å². The van der Waals surface area contributed by atoms with E-state index in [1.54, 1.807) is 6.08 Å². The van der Waals surface area contributed by atoms with Gasteiger partial charge in [0.05, 0.1) is 0 Å². The van der Waals surface area contributed by atoms with Gasteiger partial charge in [-0.25, -0.2) is 0 Å². The van der Waals surface area contributed by atoms with E-state index in [0.29, 0.717) is 13.0 Å². The van der Waals surface area contributed by atoms with Crippen molar-refractivity contribution in [2.75, 3.05) is 6.54 Å². The first-order valence-electron chi connectivity index (χ1n) is 4.95. The third-order valence-corrected chi connectivity index (χ3v) is 1.99. The van der Waals surface area contributed by atoms with Gasteiger partial charge in [0.15, 0.2) is 0 Å². The quantitative estimate of drug-likeness (QED) is 0.513. The van der Waals surface area contributed by atoms with Gasteiger partial charge in [0.1, 0.15) is 6.10 Å². The number of nitrogens with two attached hydrogens (primary N) is 1. The van der Waals surface area contributed by atoms with Gasteiger partial charge in [-0.3, -0.25) is 4.79 Å². The van der Waals surface area contributed by atoms with Crippen LogP contribution in [0.2, 0.25) is 0 Å². The number of aliphatic hydroxyl groups excluding tert-OH is 1. The number of carbonyl (C=O) groups is 1. The zero-order chi connectivity index (χ0) is 11.0. The molecule has 0 aromatic heterocycles. The Morgan fingerprint density at radius 2 is 2.36 bits per heavy atom. The summed E-state index contributed by atoms with van der Waals surface area (Å²) in [6.45, 7) is 5.85. The van der Waals surface area contributed by atoms with Crippen LogP contribution in [0, 0.1) is 0 Å². The summed E-state index contributed by atoms with van der Waals surface area (Å²) in [4.78, 5) is 11.2. The van der Waals surface area contributed by atoms with Crippen LogP contribution in [-0.2, 0) is 4.79 Å². The van der Waals surface area contributed by atoms with Crippen LogP contribution < -0.4 is 11.1 Å². The first-order valence-corrected chi connectivity index (χ1v) is 4.95. The summed E-state index contributed by atoms with van der Waals surface area (Å²) in [6.07, 6.45) is 3.05. The highest BCUT2D eigenvalue weighted by Crippen LogP contribution is 2.02. The van der Waals surface area contributed by atoms with Crippen LogP contribution in [0.5, 0.6) is 0 Å². The number of aliphatic hydroxyl groups is 1. The van der Waals surface area contributed by atoms with Gasteiger partial charge in [0.2, 0.25) is 0 Å². The Balaban J connectivity index is 3.83. The topological polar surface area (TPSA) is 75.3 Å². The van der Waals surface area contributed by atoms with Crippen LogP contribution in [0.25, 0.3) is 0 Å². The van der Waals surface area contributed by atoms with E-state index in [0.717, 1.165) is 12.8 Å². The van der Waals surface area contributed by atoms with Gasteiger partial charge in [-0.1, -0.05) is 25.8 Å². The van der Waals surface area contributed by atoms with Gasteiger partial charge >= 0.3 is 0 Å². The SMILES string of the molecule is C=CCNC(=O)C(O)[C@H](N)CCCC. The van der Waals surface area contributed by atoms with Crippen molar-refractivity contribution in [3.05, 3.63) is 12.7 Å². The summed E-state index contributed by atoms with van der Waals surface area (Å²) in [6, 6.07) is -0.472. The smallest absolute Gasteiger partial charge is 0.250 e. The molecule has 0 bridgehead atoms. The minimum Gasteiger partial charge on any atom is -0.382 e. The maximum absolute atomic E-state index is 11.2. The highest BCUT2D eigenvalue weighted by molar-refractivity contribution is 5.81. The second kappa shape index (κ2) is 7.53. The Morgan fingerprint density at radius 1 is 1.71 bits per heavy atom. The molecule has 82 valence electrons. The Bertz CT molecular complexity index is 183. The van der Waals surface area contributed by atoms with Gasteiger partial charge in [-0.15, -0.1) is 6.58 Å². The van der Waals surface area contributed by atoms with E-state index in [9.17, 15) is 9.90 Å². The van der Waals surface area contributed by atoms with Crippen LogP contribution in [-0.4, -0.2) is 29.7 Å². The van der Waals surface area contributed by atoms with Crippen LogP contribution in [0.3, 0.4) is 0 Å². The maximum Gasteiger partial charge on any atom is 0.250 e. The third kappa shape index (κ3) is 4.99. The summed E-state index contributed by atoms with van der Waals surface area (Å²) in [7, 11) is 0. The third-order valence-electron chi connectivity index (χ3n) is 1.99. The van der Waals surface area contributed by atoms with Crippen molar-refractivity contribution >= 4 is 5.91 Å². The van der Waals surface area contributed by atoms with Crippen molar-refractivity contribution in [3.63, 3.8) is 0 Å². The molecule has 4 nitrogen and oxygen atoms in total. The highest BCUT2D eigenvalue weighted by atomic mass is 16.3. The summed E-state index contributed by atoms with van der Waals surface area (Å²) in [5.74, 6) is -0.423. The number of carbonyl (C=O) groups excluding carboxylic acids is 1. The summed E-state index contributed by atoms with van der Waals surface area (Å²) in [5.41, 5.74) is 5.64. The molecule has 0 rings (SSSR count). The van der Waals surface area contributed by atoms with Gasteiger partial charge < -0.3 is 16.2 Å². The summed E-state index contributed by atoms with van der Waals surface area (Å²) < 4.78 is 0. The lowest BCUT2D eigenvalue weighted by Gasteiger charge is -2.17. The molecule has 0 saturated heterocycles. The van der Waals surface area contributed by atoms with E-state index >= 15 is 0 Å². The van der Waals surface area contributed by atoms with Crippen LogP contribution >= 0.6 is 0 Å². The molecule has 0 radical (unpaired) electrons. The fourth-order valence-corrected chi connectivity index (χ4v) is 1.07. The Kier molecular flexibility index (Phi) is 7.06. The normalized spacial score (nSPS) is 14.5. The molecule has 0 aliphatic rings. The van der Waals surface area contributed by atoms with E-state index in [-0.39, 0.29) is 0 Å². The second-order valence-corrected chi connectivity index (χ2v) is 3.28. The number of hydrogen-bond acceptors (Lipinski definition) is 3. The lowest BCUT2D eigenvalue weighted by molar-refractivity contribution is -0.130. The number of hydrogen-bond donors (Lipinski definition) is 3. The van der Waals surface area contributed by atoms with E-state index < -0.39 is 18.1 Å². The lowest BCUT2D eigenvalue weighted by Crippen LogP contribution is -2.46. The van der Waals surface area contributed by atoms with E-state index in [4.69, 9.17) is 5.73 Å². The Hall–Kier alpha value is -0.870. The monoisotopic (exact) mass is 200 g/mol. The molecule has 1 unspecified atom stereocenters. The van der Waals surface area contributed by atoms with E-state index in [1.165, 1.54) is 0 Å². The average molecular weight is 200 g/mol. The number of amides is 1. The largest absolute Gasteiger partial charge is 0.382 e. The standard InChI is InChI=1S/C10H20N2O2/c1-3-5-6-8(11)9(13)10(14)12-7-4-2/h4,8-9,13H,2-3,5-7,11H2,1H3,(H,12,14)/t8-,9?/m1/s1. The number of nitrogens with one attached hydrogen (secondary N) is 1. The first kappa shape index (κ1) is 13.1. The fraction of sp³-hybridized carbons (Fsp3) is 0.700. The molecule has 2 atom stereocenters. The molecule has 0 saturated carbocycles. The minimum absolute atomic E-state index is 0.358. The maximum atomic E-state index is 11.2. The van der Waals surface area contributed by atoms with Crippen molar-refractivity contribution in [2.24, 2.45) is 5.73 Å². The molecule has 0 heterocycles. The number of rotatable bonds is 7. The van der Waals surface area contributed by atoms with Crippen LogP contribution in [0.1, 0.15) is 26.2 Å². The molecule has 0 aliphatic heterocycles. The summed E-state index contributed by atoms with van der Waals surface area (Å²) in [5, 5.41) is 12.0. The molecular weight excluding hydrogens is 180 g/mol. The van der Waals surface area contributed by atoms with Crippen LogP contribution in [0.15, 0.2) is 12.7 Å². The Morgan fingerprint density at radius 3 is 2.86 bits per heavy atom. The zero-order valence-corrected chi connectivity index (χ0v) is 8.70. The predicted octanol–water partition coefficient (Wildman–Crippen LogP) is 0.167. The molecular formula is C10H20N2O2. The van der Waals surface area contributed by atoms with Crippen molar-refractivity contribution in [1.82, 2.24) is 5.32 Å². The van der Waals surface area contributed by atoms with Crippen LogP contribution in [0.4, 0.5) is 0 Å². The van der Waals surface area contributed by atoms with Gasteiger partial charge in [0, 0.05) is 12.6 Å². The molecule has 4 heteroatoms. The zero-order valence-electron chi connectivity index (χ0n) is 8.70. The molecule has 0 spiro atoms. The molecule has 4 N–H and O–H groups in total. The summed E-state index contributed by atoms with van der Waals surface area (Å²) >= 11 is 0. The fourth-order valence-electron chi connectivity index (χ4n) is 1.07. The van der Waals surface area contributed by atoms with Gasteiger partial charge in [-0.2, -0.15) is 0 Å². The van der Waals surface area contributed by atoms with Crippen molar-refractivity contribution < 1.29 is 9.90 Å². The molecule has 0 aromatic rings. The van der Waals surface area contributed by atoms with Crippen molar-refractivity contribution in [2.45, 2.75) is 38.3 Å².